The van der Waals surface area contributed by atoms with Crippen molar-refractivity contribution >= 4 is 5.97 Å². The van der Waals surface area contributed by atoms with Crippen molar-refractivity contribution in [2.24, 2.45) is 11.1 Å². The molecule has 0 saturated heterocycles. The molecule has 0 aromatic carbocycles. The second-order valence-electron chi connectivity index (χ2n) is 4.36. The lowest BCUT2D eigenvalue weighted by molar-refractivity contribution is -0.147. The summed E-state index contributed by atoms with van der Waals surface area (Å²) in [4.78, 5) is 10.7. The van der Waals surface area contributed by atoms with Gasteiger partial charge in [0.25, 0.3) is 0 Å². The zero-order chi connectivity index (χ0) is 10.3. The number of hydrogen-bond acceptors (Lipinski definition) is 3. The number of aliphatic carboxylic acids is 1. The van der Waals surface area contributed by atoms with Crippen LogP contribution in [0.15, 0.2) is 0 Å². The van der Waals surface area contributed by atoms with Gasteiger partial charge in [0.15, 0.2) is 0 Å². The van der Waals surface area contributed by atoms with Crippen LogP contribution in [0, 0.1) is 5.41 Å². The summed E-state index contributed by atoms with van der Waals surface area (Å²) in [5.74, 6) is -1.04. The molecule has 0 amide bonds. The molecule has 0 radical (unpaired) electrons. The maximum absolute atomic E-state index is 10.7. The largest absolute Gasteiger partial charge is 0.480 e. The molecule has 0 spiro atoms. The highest BCUT2D eigenvalue weighted by Gasteiger charge is 2.53. The van der Waals surface area contributed by atoms with Gasteiger partial charge in [0.05, 0.1) is 5.60 Å². The minimum Gasteiger partial charge on any atom is -0.480 e. The lowest BCUT2D eigenvalue weighted by Crippen LogP contribution is -2.55. The van der Waals surface area contributed by atoms with Gasteiger partial charge in [0.2, 0.25) is 0 Å². The van der Waals surface area contributed by atoms with Crippen molar-refractivity contribution in [3.05, 3.63) is 0 Å². The molecule has 0 heterocycles. The molecular weight excluding hydrogens is 170 g/mol. The Morgan fingerprint density at radius 3 is 2.31 bits per heavy atom. The molecule has 0 aliphatic heterocycles. The molecule has 1 rings (SSSR count). The fourth-order valence-corrected chi connectivity index (χ4v) is 2.12. The first-order chi connectivity index (χ1) is 5.81. The first-order valence-corrected chi connectivity index (χ1v) is 4.52. The minimum absolute atomic E-state index is 0.629. The highest BCUT2D eigenvalue weighted by molar-refractivity contribution is 5.74. The van der Waals surface area contributed by atoms with Crippen LogP contribution < -0.4 is 5.73 Å². The first kappa shape index (κ1) is 10.5. The number of nitrogens with two attached hydrogens (primary N) is 1. The normalized spacial score (nSPS) is 41.8. The van der Waals surface area contributed by atoms with Crippen LogP contribution in [-0.4, -0.2) is 27.8 Å². The molecular formula is C9H17NO3. The predicted molar refractivity (Wildman–Crippen MR) is 48.2 cm³/mol. The summed E-state index contributed by atoms with van der Waals surface area (Å²) in [7, 11) is 0. The number of hydrogen-bond donors (Lipinski definition) is 3. The van der Waals surface area contributed by atoms with Crippen LogP contribution in [0.2, 0.25) is 0 Å². The molecule has 3 unspecified atom stereocenters. The molecule has 1 aliphatic rings. The first-order valence-electron chi connectivity index (χ1n) is 4.52. The van der Waals surface area contributed by atoms with Crippen molar-refractivity contribution in [2.45, 2.75) is 44.8 Å². The highest BCUT2D eigenvalue weighted by Crippen LogP contribution is 2.47. The molecule has 13 heavy (non-hydrogen) atoms. The van der Waals surface area contributed by atoms with Gasteiger partial charge < -0.3 is 15.9 Å². The van der Waals surface area contributed by atoms with E-state index in [9.17, 15) is 9.90 Å². The Morgan fingerprint density at radius 2 is 2.00 bits per heavy atom. The standard InChI is InChI=1S/C9H17NO3/c1-8(6(10)7(11)12)4-3-5-9(8,2)13/h6,13H,3-5,10H2,1-2H3,(H,11,12). The predicted octanol–water partition coefficient (Wildman–Crippen LogP) is 0.339. The van der Waals surface area contributed by atoms with Crippen molar-refractivity contribution in [3.63, 3.8) is 0 Å². The van der Waals surface area contributed by atoms with Crippen molar-refractivity contribution in [3.8, 4) is 0 Å². The summed E-state index contributed by atoms with van der Waals surface area (Å²) < 4.78 is 0. The van der Waals surface area contributed by atoms with E-state index < -0.39 is 23.0 Å². The third kappa shape index (κ3) is 1.44. The number of carboxylic acid groups (broad SMARTS) is 1. The maximum Gasteiger partial charge on any atom is 0.321 e. The SMILES string of the molecule is CC1(O)CCCC1(C)C(N)C(=O)O. The molecule has 4 heteroatoms. The van der Waals surface area contributed by atoms with Crippen LogP contribution in [0.5, 0.6) is 0 Å². The smallest absolute Gasteiger partial charge is 0.321 e. The van der Waals surface area contributed by atoms with E-state index in [2.05, 4.69) is 0 Å². The third-order valence-corrected chi connectivity index (χ3v) is 3.54. The van der Waals surface area contributed by atoms with Gasteiger partial charge in [-0.1, -0.05) is 6.92 Å². The Balaban J connectivity index is 2.93. The molecule has 0 aromatic heterocycles. The van der Waals surface area contributed by atoms with Gasteiger partial charge in [-0.25, -0.2) is 0 Å². The van der Waals surface area contributed by atoms with Gasteiger partial charge in [-0.3, -0.25) is 4.79 Å². The van der Waals surface area contributed by atoms with Crippen LogP contribution in [-0.2, 0) is 4.79 Å². The third-order valence-electron chi connectivity index (χ3n) is 3.54. The van der Waals surface area contributed by atoms with Gasteiger partial charge in [0, 0.05) is 5.41 Å². The number of carbonyl (C=O) groups is 1. The Hall–Kier alpha value is -0.610. The van der Waals surface area contributed by atoms with Crippen molar-refractivity contribution < 1.29 is 15.0 Å². The molecule has 76 valence electrons. The molecule has 4 nitrogen and oxygen atoms in total. The Kier molecular flexibility index (Phi) is 2.38. The maximum atomic E-state index is 10.7. The van der Waals surface area contributed by atoms with Crippen molar-refractivity contribution in [1.29, 1.82) is 0 Å². The lowest BCUT2D eigenvalue weighted by Gasteiger charge is -2.39. The molecule has 0 bridgehead atoms. The van der Waals surface area contributed by atoms with Gasteiger partial charge in [-0.05, 0) is 26.2 Å². The molecule has 4 N–H and O–H groups in total. The Bertz CT molecular complexity index is 227. The van der Waals surface area contributed by atoms with E-state index in [1.807, 2.05) is 0 Å². The molecule has 3 atom stereocenters. The van der Waals surface area contributed by atoms with E-state index in [1.54, 1.807) is 13.8 Å². The molecule has 1 fully saturated rings. The average Bonchev–Trinajstić information content (AvgIpc) is 2.26. The second-order valence-corrected chi connectivity index (χ2v) is 4.36. The fraction of sp³-hybridized carbons (Fsp3) is 0.889. The molecule has 1 saturated carbocycles. The van der Waals surface area contributed by atoms with E-state index in [-0.39, 0.29) is 0 Å². The van der Waals surface area contributed by atoms with E-state index in [0.29, 0.717) is 12.8 Å². The van der Waals surface area contributed by atoms with Gasteiger partial charge in [-0.15, -0.1) is 0 Å². The Morgan fingerprint density at radius 1 is 1.46 bits per heavy atom. The summed E-state index contributed by atoms with van der Waals surface area (Å²) in [5.41, 5.74) is 3.92. The molecule has 0 aromatic rings. The summed E-state index contributed by atoms with van der Waals surface area (Å²) in [5, 5.41) is 18.8. The second kappa shape index (κ2) is 2.96. The minimum atomic E-state index is -1.04. The number of carboxylic acids is 1. The van der Waals surface area contributed by atoms with E-state index >= 15 is 0 Å². The fourth-order valence-electron chi connectivity index (χ4n) is 2.12. The van der Waals surface area contributed by atoms with Gasteiger partial charge >= 0.3 is 5.97 Å². The van der Waals surface area contributed by atoms with Gasteiger partial charge in [0.1, 0.15) is 6.04 Å². The van der Waals surface area contributed by atoms with E-state index in [4.69, 9.17) is 10.8 Å². The monoisotopic (exact) mass is 187 g/mol. The topological polar surface area (TPSA) is 83.5 Å². The summed E-state index contributed by atoms with van der Waals surface area (Å²) in [6, 6.07) is -0.981. The van der Waals surface area contributed by atoms with Crippen LogP contribution >= 0.6 is 0 Å². The average molecular weight is 187 g/mol. The highest BCUT2D eigenvalue weighted by atomic mass is 16.4. The quantitative estimate of drug-likeness (QED) is 0.582. The van der Waals surface area contributed by atoms with Crippen LogP contribution in [0.1, 0.15) is 33.1 Å². The lowest BCUT2D eigenvalue weighted by atomic mass is 9.71. The number of aliphatic hydroxyl groups is 1. The van der Waals surface area contributed by atoms with E-state index in [1.165, 1.54) is 0 Å². The van der Waals surface area contributed by atoms with Crippen molar-refractivity contribution in [1.82, 2.24) is 0 Å². The summed E-state index contributed by atoms with van der Waals surface area (Å²) in [6.45, 7) is 3.42. The van der Waals surface area contributed by atoms with Crippen LogP contribution in [0.4, 0.5) is 0 Å². The van der Waals surface area contributed by atoms with E-state index in [0.717, 1.165) is 6.42 Å². The van der Waals surface area contributed by atoms with Crippen LogP contribution in [0.25, 0.3) is 0 Å². The zero-order valence-electron chi connectivity index (χ0n) is 8.08. The summed E-state index contributed by atoms with van der Waals surface area (Å²) in [6.07, 6.45) is 2.14. The molecule has 1 aliphatic carbocycles. The van der Waals surface area contributed by atoms with Gasteiger partial charge in [-0.2, -0.15) is 0 Å². The van der Waals surface area contributed by atoms with Crippen LogP contribution in [0.3, 0.4) is 0 Å². The number of rotatable bonds is 2. The van der Waals surface area contributed by atoms with Crippen molar-refractivity contribution in [2.75, 3.05) is 0 Å². The Labute approximate surface area is 77.7 Å². The summed E-state index contributed by atoms with van der Waals surface area (Å²) >= 11 is 0. The zero-order valence-corrected chi connectivity index (χ0v) is 8.08.